The number of carbonyl (C=O) groups is 1. The largest absolute Gasteiger partial charge is 0.497 e. The topological polar surface area (TPSA) is 69.7 Å². The van der Waals surface area contributed by atoms with Gasteiger partial charge in [0.25, 0.3) is 5.91 Å². The quantitative estimate of drug-likeness (QED) is 0.747. The number of methoxy groups -OCH3 is 2. The van der Waals surface area contributed by atoms with Crippen LogP contribution in [0.5, 0.6) is 17.2 Å². The Labute approximate surface area is 145 Å². The Morgan fingerprint density at radius 3 is 2.36 bits per heavy atom. The Morgan fingerprint density at radius 1 is 0.960 bits per heavy atom. The molecule has 1 heterocycles. The summed E-state index contributed by atoms with van der Waals surface area (Å²) in [6, 6.07) is 14.3. The highest BCUT2D eigenvalue weighted by Gasteiger charge is 2.08. The van der Waals surface area contributed by atoms with E-state index < -0.39 is 0 Å². The number of ether oxygens (including phenoxy) is 3. The lowest BCUT2D eigenvalue weighted by Crippen LogP contribution is -2.20. The van der Waals surface area contributed by atoms with Crippen LogP contribution in [0.15, 0.2) is 54.7 Å². The molecule has 0 aliphatic rings. The molecule has 0 bridgehead atoms. The molecule has 128 valence electrons. The molecular formula is C19H18N2O4. The number of hydrogen-bond acceptors (Lipinski definition) is 5. The van der Waals surface area contributed by atoms with E-state index in [0.717, 1.165) is 16.7 Å². The van der Waals surface area contributed by atoms with Crippen LogP contribution in [-0.2, 0) is 4.79 Å². The third kappa shape index (κ3) is 3.98. The number of amides is 1. The Bertz CT molecular complexity index is 878. The molecule has 6 heteroatoms. The average molecular weight is 338 g/mol. The van der Waals surface area contributed by atoms with Crippen LogP contribution in [0.4, 0.5) is 5.69 Å². The van der Waals surface area contributed by atoms with Crippen molar-refractivity contribution in [1.29, 1.82) is 0 Å². The van der Waals surface area contributed by atoms with Crippen molar-refractivity contribution in [3.05, 3.63) is 54.7 Å². The zero-order valence-electron chi connectivity index (χ0n) is 14.0. The van der Waals surface area contributed by atoms with Crippen molar-refractivity contribution < 1.29 is 19.0 Å². The number of fused-ring (bicyclic) bond motifs is 1. The summed E-state index contributed by atoms with van der Waals surface area (Å²) in [5.74, 6) is 1.77. The normalized spacial score (nSPS) is 10.3. The van der Waals surface area contributed by atoms with E-state index in [9.17, 15) is 4.79 Å². The molecule has 3 aromatic rings. The Morgan fingerprint density at radius 2 is 1.64 bits per heavy atom. The lowest BCUT2D eigenvalue weighted by molar-refractivity contribution is -0.118. The van der Waals surface area contributed by atoms with Gasteiger partial charge in [0.1, 0.15) is 17.2 Å². The molecule has 0 fully saturated rings. The third-order valence-electron chi connectivity index (χ3n) is 3.65. The predicted molar refractivity (Wildman–Crippen MR) is 95.4 cm³/mol. The second-order valence-electron chi connectivity index (χ2n) is 5.25. The average Bonchev–Trinajstić information content (AvgIpc) is 2.66. The number of nitrogens with one attached hydrogen (secondary N) is 1. The second kappa shape index (κ2) is 7.53. The summed E-state index contributed by atoms with van der Waals surface area (Å²) < 4.78 is 15.8. The molecule has 25 heavy (non-hydrogen) atoms. The fraction of sp³-hybridized carbons (Fsp3) is 0.158. The van der Waals surface area contributed by atoms with E-state index in [2.05, 4.69) is 10.3 Å². The van der Waals surface area contributed by atoms with Crippen molar-refractivity contribution in [3.8, 4) is 17.2 Å². The number of carbonyl (C=O) groups excluding carboxylic acids is 1. The van der Waals surface area contributed by atoms with E-state index in [1.807, 2.05) is 18.2 Å². The van der Waals surface area contributed by atoms with Crippen LogP contribution in [0.25, 0.3) is 10.9 Å². The van der Waals surface area contributed by atoms with Gasteiger partial charge in [0.2, 0.25) is 0 Å². The van der Waals surface area contributed by atoms with E-state index in [4.69, 9.17) is 14.2 Å². The van der Waals surface area contributed by atoms with Crippen LogP contribution in [0, 0.1) is 0 Å². The van der Waals surface area contributed by atoms with Gasteiger partial charge in [-0.3, -0.25) is 9.78 Å². The molecule has 2 aromatic carbocycles. The fourth-order valence-corrected chi connectivity index (χ4v) is 2.37. The Kier molecular flexibility index (Phi) is 4.99. The predicted octanol–water partition coefficient (Wildman–Crippen LogP) is 3.27. The van der Waals surface area contributed by atoms with Crippen molar-refractivity contribution in [3.63, 3.8) is 0 Å². The third-order valence-corrected chi connectivity index (χ3v) is 3.65. The van der Waals surface area contributed by atoms with Gasteiger partial charge in [-0.05, 0) is 48.5 Å². The fourth-order valence-electron chi connectivity index (χ4n) is 2.37. The zero-order valence-corrected chi connectivity index (χ0v) is 14.0. The summed E-state index contributed by atoms with van der Waals surface area (Å²) >= 11 is 0. The molecule has 0 spiro atoms. The van der Waals surface area contributed by atoms with Crippen LogP contribution >= 0.6 is 0 Å². The summed E-state index contributed by atoms with van der Waals surface area (Å²) in [4.78, 5) is 16.5. The number of nitrogens with zero attached hydrogens (tertiary/aromatic N) is 1. The highest BCUT2D eigenvalue weighted by Crippen LogP contribution is 2.26. The maximum atomic E-state index is 12.2. The molecule has 0 atom stereocenters. The van der Waals surface area contributed by atoms with Crippen LogP contribution in [0.3, 0.4) is 0 Å². The van der Waals surface area contributed by atoms with E-state index >= 15 is 0 Å². The van der Waals surface area contributed by atoms with Gasteiger partial charge in [-0.15, -0.1) is 0 Å². The highest BCUT2D eigenvalue weighted by molar-refractivity contribution is 6.01. The van der Waals surface area contributed by atoms with E-state index in [1.165, 1.54) is 0 Å². The van der Waals surface area contributed by atoms with Gasteiger partial charge in [0.15, 0.2) is 6.61 Å². The van der Waals surface area contributed by atoms with Crippen molar-refractivity contribution in [1.82, 2.24) is 4.98 Å². The van der Waals surface area contributed by atoms with Crippen LogP contribution in [0.2, 0.25) is 0 Å². The number of benzene rings is 2. The van der Waals surface area contributed by atoms with Crippen molar-refractivity contribution in [2.24, 2.45) is 0 Å². The van der Waals surface area contributed by atoms with Gasteiger partial charge in [0, 0.05) is 11.6 Å². The number of anilines is 1. The Balaban J connectivity index is 1.68. The molecular weight excluding hydrogens is 320 g/mol. The molecule has 1 N–H and O–H groups in total. The van der Waals surface area contributed by atoms with Gasteiger partial charge in [0.05, 0.1) is 25.4 Å². The minimum atomic E-state index is -0.258. The van der Waals surface area contributed by atoms with Gasteiger partial charge in [-0.1, -0.05) is 0 Å². The molecule has 0 saturated heterocycles. The SMILES string of the molecule is COc1ccc(OCC(=O)Nc2ccnc3ccc(OC)cc23)cc1. The molecule has 0 radical (unpaired) electrons. The molecule has 1 amide bonds. The first-order valence-corrected chi connectivity index (χ1v) is 7.69. The van der Waals surface area contributed by atoms with Gasteiger partial charge in [-0.2, -0.15) is 0 Å². The molecule has 1 aromatic heterocycles. The molecule has 0 unspecified atom stereocenters. The summed E-state index contributed by atoms with van der Waals surface area (Å²) in [6.45, 7) is -0.0971. The van der Waals surface area contributed by atoms with Gasteiger partial charge >= 0.3 is 0 Å². The van der Waals surface area contributed by atoms with Crippen LogP contribution in [-0.4, -0.2) is 31.7 Å². The van der Waals surface area contributed by atoms with Gasteiger partial charge < -0.3 is 19.5 Å². The zero-order chi connectivity index (χ0) is 17.6. The lowest BCUT2D eigenvalue weighted by Gasteiger charge is -2.10. The number of aromatic nitrogens is 1. The van der Waals surface area contributed by atoms with E-state index in [-0.39, 0.29) is 12.5 Å². The van der Waals surface area contributed by atoms with Gasteiger partial charge in [-0.25, -0.2) is 0 Å². The summed E-state index contributed by atoms with van der Waals surface area (Å²) in [7, 11) is 3.19. The van der Waals surface area contributed by atoms with Crippen molar-refractivity contribution in [2.75, 3.05) is 26.1 Å². The highest BCUT2D eigenvalue weighted by atomic mass is 16.5. The maximum absolute atomic E-state index is 12.2. The molecule has 0 aliphatic carbocycles. The standard InChI is InChI=1S/C19H18N2O4/c1-23-13-3-5-14(6-4-13)25-12-19(22)21-18-9-10-20-17-8-7-15(24-2)11-16(17)18/h3-11H,12H2,1-2H3,(H,20,21,22). The molecule has 0 saturated carbocycles. The first-order chi connectivity index (χ1) is 12.2. The van der Waals surface area contributed by atoms with Crippen molar-refractivity contribution in [2.45, 2.75) is 0 Å². The Hall–Kier alpha value is -3.28. The minimum absolute atomic E-state index is 0.0971. The van der Waals surface area contributed by atoms with Crippen LogP contribution in [0.1, 0.15) is 0 Å². The number of hydrogen-bond donors (Lipinski definition) is 1. The second-order valence-corrected chi connectivity index (χ2v) is 5.25. The van der Waals surface area contributed by atoms with Crippen molar-refractivity contribution >= 4 is 22.5 Å². The smallest absolute Gasteiger partial charge is 0.262 e. The summed E-state index contributed by atoms with van der Waals surface area (Å²) in [5, 5.41) is 3.65. The first-order valence-electron chi connectivity index (χ1n) is 7.69. The summed E-state index contributed by atoms with van der Waals surface area (Å²) in [6.07, 6.45) is 1.65. The number of pyridine rings is 1. The monoisotopic (exact) mass is 338 g/mol. The van der Waals surface area contributed by atoms with Crippen LogP contribution < -0.4 is 19.5 Å². The first kappa shape index (κ1) is 16.6. The van der Waals surface area contributed by atoms with E-state index in [0.29, 0.717) is 17.2 Å². The summed E-state index contributed by atoms with van der Waals surface area (Å²) in [5.41, 5.74) is 1.43. The number of rotatable bonds is 6. The minimum Gasteiger partial charge on any atom is -0.497 e. The molecule has 3 rings (SSSR count). The van der Waals surface area contributed by atoms with E-state index in [1.54, 1.807) is 50.7 Å². The lowest BCUT2D eigenvalue weighted by atomic mass is 10.2. The molecule has 0 aliphatic heterocycles. The molecule has 6 nitrogen and oxygen atoms in total. The maximum Gasteiger partial charge on any atom is 0.262 e.